The Morgan fingerprint density at radius 2 is 2.06 bits per heavy atom. The van der Waals surface area contributed by atoms with Crippen LogP contribution >= 0.6 is 0 Å². The molecule has 2 rings (SSSR count). The lowest BCUT2D eigenvalue weighted by Gasteiger charge is -2.24. The van der Waals surface area contributed by atoms with Gasteiger partial charge in [-0.2, -0.15) is 0 Å². The van der Waals surface area contributed by atoms with Crippen molar-refractivity contribution in [3.63, 3.8) is 0 Å². The maximum atomic E-state index is 10.6. The van der Waals surface area contributed by atoms with E-state index in [-0.39, 0.29) is 0 Å². The molecule has 0 aliphatic heterocycles. The second-order valence-electron chi connectivity index (χ2n) is 4.34. The molecule has 2 nitrogen and oxygen atoms in total. The van der Waals surface area contributed by atoms with Gasteiger partial charge in [0.15, 0.2) is 0 Å². The highest BCUT2D eigenvalue weighted by molar-refractivity contribution is 5.80. The van der Waals surface area contributed by atoms with Gasteiger partial charge >= 0.3 is 5.97 Å². The highest BCUT2D eigenvalue weighted by Gasteiger charge is 2.18. The van der Waals surface area contributed by atoms with Crippen molar-refractivity contribution in [3.05, 3.63) is 47.5 Å². The molecular weight excluding hydrogens is 200 g/mol. The fourth-order valence-electron chi connectivity index (χ4n) is 2.41. The first kappa shape index (κ1) is 10.9. The zero-order valence-electron chi connectivity index (χ0n) is 9.23. The summed E-state index contributed by atoms with van der Waals surface area (Å²) < 4.78 is 0. The highest BCUT2D eigenvalue weighted by Crippen LogP contribution is 2.35. The molecule has 0 heterocycles. The molecular formula is C14H16O2. The summed E-state index contributed by atoms with van der Waals surface area (Å²) in [5, 5.41) is 8.75. The number of rotatable bonds is 2. The Morgan fingerprint density at radius 3 is 2.75 bits per heavy atom. The Bertz CT molecular complexity index is 392. The lowest BCUT2D eigenvalue weighted by Crippen LogP contribution is -2.08. The molecule has 1 saturated carbocycles. The maximum absolute atomic E-state index is 10.6. The molecule has 1 aromatic rings. The van der Waals surface area contributed by atoms with Gasteiger partial charge in [0.1, 0.15) is 0 Å². The molecule has 16 heavy (non-hydrogen) atoms. The third-order valence-electron chi connectivity index (χ3n) is 3.16. The molecule has 0 spiro atoms. The highest BCUT2D eigenvalue weighted by atomic mass is 16.4. The SMILES string of the molecule is O=C(O)/C=C1\CCCC(c2ccccc2)C1. The fourth-order valence-corrected chi connectivity index (χ4v) is 2.41. The van der Waals surface area contributed by atoms with Gasteiger partial charge in [0.2, 0.25) is 0 Å². The third-order valence-corrected chi connectivity index (χ3v) is 3.16. The molecule has 0 saturated heterocycles. The zero-order chi connectivity index (χ0) is 11.4. The first-order valence-electron chi connectivity index (χ1n) is 5.73. The monoisotopic (exact) mass is 216 g/mol. The van der Waals surface area contributed by atoms with E-state index in [0.29, 0.717) is 5.92 Å². The first-order valence-corrected chi connectivity index (χ1v) is 5.73. The largest absolute Gasteiger partial charge is 0.478 e. The van der Waals surface area contributed by atoms with Gasteiger partial charge in [0.05, 0.1) is 0 Å². The number of carboxylic acids is 1. The lowest BCUT2D eigenvalue weighted by atomic mass is 9.81. The van der Waals surface area contributed by atoms with Crippen LogP contribution in [0, 0.1) is 0 Å². The van der Waals surface area contributed by atoms with Crippen molar-refractivity contribution in [2.24, 2.45) is 0 Å². The summed E-state index contributed by atoms with van der Waals surface area (Å²) in [6, 6.07) is 10.4. The van der Waals surface area contributed by atoms with E-state index in [0.717, 1.165) is 24.8 Å². The minimum absolute atomic E-state index is 0.501. The molecule has 1 fully saturated rings. The number of hydrogen-bond acceptors (Lipinski definition) is 1. The van der Waals surface area contributed by atoms with Crippen molar-refractivity contribution in [2.45, 2.75) is 31.6 Å². The number of allylic oxidation sites excluding steroid dienone is 1. The summed E-state index contributed by atoms with van der Waals surface area (Å²) >= 11 is 0. The third kappa shape index (κ3) is 2.72. The van der Waals surface area contributed by atoms with Crippen molar-refractivity contribution in [2.75, 3.05) is 0 Å². The fraction of sp³-hybridized carbons (Fsp3) is 0.357. The van der Waals surface area contributed by atoms with Crippen LogP contribution in [0.2, 0.25) is 0 Å². The molecule has 1 unspecified atom stereocenters. The van der Waals surface area contributed by atoms with Gasteiger partial charge in [-0.05, 0) is 37.2 Å². The minimum Gasteiger partial charge on any atom is -0.478 e. The number of aliphatic carboxylic acids is 1. The molecule has 1 N–H and O–H groups in total. The Labute approximate surface area is 95.6 Å². The maximum Gasteiger partial charge on any atom is 0.328 e. The second kappa shape index (κ2) is 4.97. The average Bonchev–Trinajstić information content (AvgIpc) is 2.30. The quantitative estimate of drug-likeness (QED) is 0.770. The summed E-state index contributed by atoms with van der Waals surface area (Å²) in [7, 11) is 0. The zero-order valence-corrected chi connectivity index (χ0v) is 9.23. The van der Waals surface area contributed by atoms with Crippen LogP contribution in [-0.4, -0.2) is 11.1 Å². The van der Waals surface area contributed by atoms with Gasteiger partial charge in [0.25, 0.3) is 0 Å². The van der Waals surface area contributed by atoms with Gasteiger partial charge in [-0.15, -0.1) is 0 Å². The Hall–Kier alpha value is -1.57. The van der Waals surface area contributed by atoms with Crippen molar-refractivity contribution in [1.82, 2.24) is 0 Å². The van der Waals surface area contributed by atoms with Gasteiger partial charge in [-0.1, -0.05) is 35.9 Å². The Balaban J connectivity index is 2.11. The number of benzene rings is 1. The molecule has 0 bridgehead atoms. The van der Waals surface area contributed by atoms with Gasteiger partial charge < -0.3 is 5.11 Å². The Kier molecular flexibility index (Phi) is 3.40. The van der Waals surface area contributed by atoms with Crippen molar-refractivity contribution in [3.8, 4) is 0 Å². The summed E-state index contributed by atoms with van der Waals surface area (Å²) in [6.07, 6.45) is 5.49. The van der Waals surface area contributed by atoms with Crippen LogP contribution in [0.15, 0.2) is 42.0 Å². The first-order chi connectivity index (χ1) is 7.75. The standard InChI is InChI=1S/C14H16O2/c15-14(16)10-11-5-4-8-13(9-11)12-6-2-1-3-7-12/h1-3,6-7,10,13H,4-5,8-9H2,(H,15,16)/b11-10+. The summed E-state index contributed by atoms with van der Waals surface area (Å²) in [4.78, 5) is 10.6. The van der Waals surface area contributed by atoms with E-state index in [2.05, 4.69) is 12.1 Å². The van der Waals surface area contributed by atoms with E-state index in [4.69, 9.17) is 5.11 Å². The van der Waals surface area contributed by atoms with E-state index in [1.165, 1.54) is 18.1 Å². The van der Waals surface area contributed by atoms with E-state index < -0.39 is 5.97 Å². The molecule has 84 valence electrons. The smallest absolute Gasteiger partial charge is 0.328 e. The molecule has 0 aromatic heterocycles. The normalized spacial score (nSPS) is 23.2. The molecule has 1 aromatic carbocycles. The van der Waals surface area contributed by atoms with Crippen LogP contribution in [0.3, 0.4) is 0 Å². The minimum atomic E-state index is -0.816. The molecule has 1 aliphatic rings. The molecule has 0 radical (unpaired) electrons. The van der Waals surface area contributed by atoms with Crippen LogP contribution in [0.5, 0.6) is 0 Å². The average molecular weight is 216 g/mol. The number of carboxylic acid groups (broad SMARTS) is 1. The molecule has 2 heteroatoms. The van der Waals surface area contributed by atoms with Crippen LogP contribution in [0.1, 0.15) is 37.2 Å². The van der Waals surface area contributed by atoms with E-state index in [1.54, 1.807) is 0 Å². The molecule has 1 aliphatic carbocycles. The Morgan fingerprint density at radius 1 is 1.31 bits per heavy atom. The number of carbonyl (C=O) groups is 1. The summed E-state index contributed by atoms with van der Waals surface area (Å²) in [5.74, 6) is -0.315. The van der Waals surface area contributed by atoms with E-state index in [9.17, 15) is 4.79 Å². The van der Waals surface area contributed by atoms with Crippen molar-refractivity contribution >= 4 is 5.97 Å². The van der Waals surface area contributed by atoms with Crippen LogP contribution in [0.4, 0.5) is 0 Å². The van der Waals surface area contributed by atoms with Crippen molar-refractivity contribution < 1.29 is 9.90 Å². The van der Waals surface area contributed by atoms with Crippen LogP contribution in [0.25, 0.3) is 0 Å². The van der Waals surface area contributed by atoms with Gasteiger partial charge in [0, 0.05) is 6.08 Å². The second-order valence-corrected chi connectivity index (χ2v) is 4.34. The summed E-state index contributed by atoms with van der Waals surface area (Å²) in [6.45, 7) is 0. The van der Waals surface area contributed by atoms with E-state index in [1.807, 2.05) is 18.2 Å². The lowest BCUT2D eigenvalue weighted by molar-refractivity contribution is -0.131. The predicted octanol–water partition coefficient (Wildman–Crippen LogP) is 3.36. The predicted molar refractivity (Wildman–Crippen MR) is 63.4 cm³/mol. The van der Waals surface area contributed by atoms with E-state index >= 15 is 0 Å². The van der Waals surface area contributed by atoms with Crippen LogP contribution in [-0.2, 0) is 4.79 Å². The number of hydrogen-bond donors (Lipinski definition) is 1. The molecule has 0 amide bonds. The van der Waals surface area contributed by atoms with Gasteiger partial charge in [-0.3, -0.25) is 0 Å². The van der Waals surface area contributed by atoms with Crippen molar-refractivity contribution in [1.29, 1.82) is 0 Å². The molecule has 1 atom stereocenters. The van der Waals surface area contributed by atoms with Gasteiger partial charge in [-0.25, -0.2) is 4.79 Å². The topological polar surface area (TPSA) is 37.3 Å². The van der Waals surface area contributed by atoms with Crippen LogP contribution < -0.4 is 0 Å². The summed E-state index contributed by atoms with van der Waals surface area (Å²) in [5.41, 5.74) is 2.41.